The first kappa shape index (κ1) is 12.9. The molecule has 0 amide bonds. The van der Waals surface area contributed by atoms with E-state index < -0.39 is 0 Å². The van der Waals surface area contributed by atoms with Crippen molar-refractivity contribution in [2.45, 2.75) is 32.9 Å². The zero-order valence-electron chi connectivity index (χ0n) is 11.6. The maximum atomic E-state index is 9.23. The van der Waals surface area contributed by atoms with Crippen LogP contribution in [0.5, 0.6) is 0 Å². The van der Waals surface area contributed by atoms with Gasteiger partial charge in [0.2, 0.25) is 5.89 Å². The highest BCUT2D eigenvalue weighted by molar-refractivity contribution is 5.80. The van der Waals surface area contributed by atoms with Crippen LogP contribution in [0.4, 0.5) is 0 Å². The van der Waals surface area contributed by atoms with Gasteiger partial charge in [0.1, 0.15) is 6.54 Å². The van der Waals surface area contributed by atoms with Crippen molar-refractivity contribution < 1.29 is 9.63 Å². The van der Waals surface area contributed by atoms with E-state index in [-0.39, 0.29) is 12.5 Å². The number of hydrogen-bond acceptors (Lipinski definition) is 4. The van der Waals surface area contributed by atoms with Crippen LogP contribution >= 0.6 is 0 Å². The molecule has 1 aromatic carbocycles. The number of fused-ring (bicyclic) bond motifs is 1. The first-order valence-electron chi connectivity index (χ1n) is 6.68. The van der Waals surface area contributed by atoms with E-state index in [4.69, 9.17) is 4.52 Å². The second kappa shape index (κ2) is 5.09. The summed E-state index contributed by atoms with van der Waals surface area (Å²) in [6.07, 6.45) is 1.99. The Morgan fingerprint density at radius 1 is 1.30 bits per heavy atom. The average Bonchev–Trinajstić information content (AvgIpc) is 3.06. The Balaban J connectivity index is 1.93. The molecule has 2 heterocycles. The molecule has 0 aliphatic rings. The third kappa shape index (κ3) is 2.32. The number of rotatable bonds is 4. The van der Waals surface area contributed by atoms with E-state index >= 15 is 0 Å². The lowest BCUT2D eigenvalue weighted by Gasteiger charge is -2.03. The van der Waals surface area contributed by atoms with Gasteiger partial charge in [-0.1, -0.05) is 31.1 Å². The Bertz CT molecular complexity index is 728. The Labute approximate surface area is 116 Å². The highest BCUT2D eigenvalue weighted by Crippen LogP contribution is 2.19. The zero-order valence-corrected chi connectivity index (χ0v) is 11.6. The molecule has 0 saturated carbocycles. The van der Waals surface area contributed by atoms with Crippen molar-refractivity contribution in [1.29, 1.82) is 0 Å². The molecular weight excluding hydrogens is 254 g/mol. The summed E-state index contributed by atoms with van der Waals surface area (Å²) >= 11 is 0. The summed E-state index contributed by atoms with van der Waals surface area (Å²) in [4.78, 5) is 4.39. The number of aliphatic hydroxyl groups excluding tert-OH is 1. The third-order valence-corrected chi connectivity index (χ3v) is 3.33. The molecule has 0 aliphatic heterocycles. The van der Waals surface area contributed by atoms with Crippen LogP contribution in [-0.4, -0.2) is 19.8 Å². The van der Waals surface area contributed by atoms with E-state index in [0.29, 0.717) is 12.4 Å². The fraction of sp³-hybridized carbons (Fsp3) is 0.333. The molecule has 3 aromatic rings. The topological polar surface area (TPSA) is 64.1 Å². The van der Waals surface area contributed by atoms with Gasteiger partial charge in [-0.2, -0.15) is 4.98 Å². The van der Waals surface area contributed by atoms with Gasteiger partial charge in [0.05, 0.1) is 6.61 Å². The van der Waals surface area contributed by atoms with E-state index in [1.807, 2.05) is 48.9 Å². The molecule has 0 spiro atoms. The van der Waals surface area contributed by atoms with Gasteiger partial charge >= 0.3 is 0 Å². The number of aromatic nitrogens is 3. The van der Waals surface area contributed by atoms with E-state index in [1.165, 1.54) is 0 Å². The Kier molecular flexibility index (Phi) is 3.28. The largest absolute Gasteiger partial charge is 0.392 e. The highest BCUT2D eigenvalue weighted by atomic mass is 16.5. The van der Waals surface area contributed by atoms with Gasteiger partial charge in [-0.05, 0) is 23.1 Å². The molecule has 5 heteroatoms. The lowest BCUT2D eigenvalue weighted by molar-refractivity contribution is 0.282. The summed E-state index contributed by atoms with van der Waals surface area (Å²) in [5, 5.41) is 14.3. The number of hydrogen-bond donors (Lipinski definition) is 1. The molecule has 0 unspecified atom stereocenters. The van der Waals surface area contributed by atoms with Crippen LogP contribution in [0.1, 0.15) is 37.0 Å². The van der Waals surface area contributed by atoms with Crippen molar-refractivity contribution in [3.05, 3.63) is 47.7 Å². The number of aliphatic hydroxyl groups is 1. The molecule has 20 heavy (non-hydrogen) atoms. The van der Waals surface area contributed by atoms with Crippen LogP contribution in [0.2, 0.25) is 0 Å². The van der Waals surface area contributed by atoms with Gasteiger partial charge in [0.15, 0.2) is 5.82 Å². The minimum atomic E-state index is 0.0408. The smallest absolute Gasteiger partial charge is 0.246 e. The van der Waals surface area contributed by atoms with Crippen LogP contribution in [0.15, 0.2) is 35.0 Å². The number of benzene rings is 1. The molecule has 0 atom stereocenters. The average molecular weight is 271 g/mol. The predicted octanol–water partition coefficient (Wildman–Crippen LogP) is 2.69. The molecule has 0 radical (unpaired) electrons. The van der Waals surface area contributed by atoms with Gasteiger partial charge in [-0.3, -0.25) is 0 Å². The minimum absolute atomic E-state index is 0.0408. The van der Waals surface area contributed by atoms with Crippen LogP contribution < -0.4 is 0 Å². The van der Waals surface area contributed by atoms with Crippen LogP contribution in [0.3, 0.4) is 0 Å². The molecular formula is C15H17N3O2. The summed E-state index contributed by atoms with van der Waals surface area (Å²) in [6.45, 7) is 4.65. The SMILES string of the molecule is CC(C)c1noc(Cn2ccc3ccc(CO)cc32)n1. The monoisotopic (exact) mass is 271 g/mol. The fourth-order valence-corrected chi connectivity index (χ4v) is 2.18. The quantitative estimate of drug-likeness (QED) is 0.792. The molecule has 2 aromatic heterocycles. The first-order chi connectivity index (χ1) is 9.67. The Morgan fingerprint density at radius 3 is 2.85 bits per heavy atom. The van der Waals surface area contributed by atoms with E-state index in [0.717, 1.165) is 22.3 Å². The molecule has 0 bridgehead atoms. The summed E-state index contributed by atoms with van der Waals surface area (Å²) in [5.41, 5.74) is 1.95. The summed E-state index contributed by atoms with van der Waals surface area (Å²) in [5.74, 6) is 1.59. The van der Waals surface area contributed by atoms with Gasteiger partial charge in [0, 0.05) is 17.6 Å². The van der Waals surface area contributed by atoms with Crippen molar-refractivity contribution in [3.8, 4) is 0 Å². The molecule has 1 N–H and O–H groups in total. The Morgan fingerprint density at radius 2 is 2.15 bits per heavy atom. The Hall–Kier alpha value is -2.14. The molecule has 0 aliphatic carbocycles. The highest BCUT2D eigenvalue weighted by Gasteiger charge is 2.11. The second-order valence-electron chi connectivity index (χ2n) is 5.20. The maximum Gasteiger partial charge on any atom is 0.246 e. The summed E-state index contributed by atoms with van der Waals surface area (Å²) in [6, 6.07) is 7.95. The van der Waals surface area contributed by atoms with E-state index in [1.54, 1.807) is 0 Å². The minimum Gasteiger partial charge on any atom is -0.392 e. The van der Waals surface area contributed by atoms with Gasteiger partial charge in [-0.25, -0.2) is 0 Å². The van der Waals surface area contributed by atoms with E-state index in [9.17, 15) is 5.11 Å². The predicted molar refractivity (Wildman–Crippen MR) is 75.3 cm³/mol. The zero-order chi connectivity index (χ0) is 14.1. The standard InChI is InChI=1S/C15H17N3O2/c1-10(2)15-16-14(20-17-15)8-18-6-5-12-4-3-11(9-19)7-13(12)18/h3-7,10,19H,8-9H2,1-2H3. The molecule has 5 nitrogen and oxygen atoms in total. The lowest BCUT2D eigenvalue weighted by Crippen LogP contribution is -1.99. The fourth-order valence-electron chi connectivity index (χ4n) is 2.18. The first-order valence-corrected chi connectivity index (χ1v) is 6.68. The normalized spacial score (nSPS) is 11.6. The van der Waals surface area contributed by atoms with Crippen molar-refractivity contribution >= 4 is 10.9 Å². The van der Waals surface area contributed by atoms with Gasteiger partial charge in [-0.15, -0.1) is 0 Å². The molecule has 3 rings (SSSR count). The molecule has 0 fully saturated rings. The maximum absolute atomic E-state index is 9.23. The van der Waals surface area contributed by atoms with Crippen LogP contribution in [0, 0.1) is 0 Å². The summed E-state index contributed by atoms with van der Waals surface area (Å²) in [7, 11) is 0. The number of nitrogens with zero attached hydrogens (tertiary/aromatic N) is 3. The van der Waals surface area contributed by atoms with E-state index in [2.05, 4.69) is 10.1 Å². The van der Waals surface area contributed by atoms with Crippen molar-refractivity contribution in [2.75, 3.05) is 0 Å². The van der Waals surface area contributed by atoms with Crippen LogP contribution in [0.25, 0.3) is 10.9 Å². The molecule has 0 saturated heterocycles. The van der Waals surface area contributed by atoms with Gasteiger partial charge < -0.3 is 14.2 Å². The summed E-state index contributed by atoms with van der Waals surface area (Å²) < 4.78 is 7.32. The van der Waals surface area contributed by atoms with Crippen LogP contribution in [-0.2, 0) is 13.2 Å². The van der Waals surface area contributed by atoms with Crippen molar-refractivity contribution in [1.82, 2.24) is 14.7 Å². The lowest BCUT2D eigenvalue weighted by atomic mass is 10.2. The second-order valence-corrected chi connectivity index (χ2v) is 5.20. The van der Waals surface area contributed by atoms with Gasteiger partial charge in [0.25, 0.3) is 0 Å². The van der Waals surface area contributed by atoms with Crippen molar-refractivity contribution in [2.24, 2.45) is 0 Å². The third-order valence-electron chi connectivity index (χ3n) is 3.33. The molecule has 104 valence electrons. The van der Waals surface area contributed by atoms with Crippen molar-refractivity contribution in [3.63, 3.8) is 0 Å².